The molecule has 0 radical (unpaired) electrons. The minimum absolute atomic E-state index is 0.0714. The zero-order valence-corrected chi connectivity index (χ0v) is 14.3. The number of anilines is 1. The minimum Gasteiger partial charge on any atom is -0.505 e. The van der Waals surface area contributed by atoms with Crippen molar-refractivity contribution in [2.75, 3.05) is 18.0 Å². The van der Waals surface area contributed by atoms with Gasteiger partial charge in [-0.3, -0.25) is 4.79 Å². The van der Waals surface area contributed by atoms with Crippen LogP contribution in [-0.2, 0) is 0 Å². The molecule has 0 saturated carbocycles. The number of carbonyl (C=O) groups excluding carboxylic acids is 1. The predicted molar refractivity (Wildman–Crippen MR) is 95.5 cm³/mol. The molecule has 1 heterocycles. The number of aryl methyl sites for hydroxylation is 1. The second-order valence-corrected chi connectivity index (χ2v) is 6.48. The first-order valence-corrected chi connectivity index (χ1v) is 8.41. The van der Waals surface area contributed by atoms with Crippen LogP contribution >= 0.6 is 11.6 Å². The van der Waals surface area contributed by atoms with Crippen LogP contribution in [0.3, 0.4) is 0 Å². The number of benzene rings is 2. The second kappa shape index (κ2) is 7.14. The lowest BCUT2D eigenvalue weighted by molar-refractivity contribution is 0.112. The Labute approximate surface area is 146 Å². The Bertz CT molecular complexity index is 722. The van der Waals surface area contributed by atoms with Crippen molar-refractivity contribution in [2.24, 2.45) is 0 Å². The van der Waals surface area contributed by atoms with Gasteiger partial charge in [-0.15, -0.1) is 0 Å². The van der Waals surface area contributed by atoms with Gasteiger partial charge >= 0.3 is 0 Å². The maximum Gasteiger partial charge on any atom is 0.153 e. The molecule has 3 rings (SSSR count). The van der Waals surface area contributed by atoms with Gasteiger partial charge in [-0.05, 0) is 42.8 Å². The first-order chi connectivity index (χ1) is 11.6. The summed E-state index contributed by atoms with van der Waals surface area (Å²) in [5.74, 6) is 0.891. The van der Waals surface area contributed by atoms with E-state index in [1.165, 1.54) is 0 Å². The van der Waals surface area contributed by atoms with E-state index in [0.717, 1.165) is 42.9 Å². The zero-order valence-electron chi connectivity index (χ0n) is 13.5. The Hall–Kier alpha value is -2.20. The molecule has 0 spiro atoms. The molecule has 1 saturated heterocycles. The summed E-state index contributed by atoms with van der Waals surface area (Å²) in [6.45, 7) is 3.49. The number of nitrogens with zero attached hydrogens (tertiary/aromatic N) is 1. The molecule has 0 amide bonds. The molecule has 0 bridgehead atoms. The average molecular weight is 346 g/mol. The van der Waals surface area contributed by atoms with Crippen LogP contribution < -0.4 is 9.64 Å². The number of hydrogen-bond donors (Lipinski definition) is 1. The highest BCUT2D eigenvalue weighted by atomic mass is 35.5. The topological polar surface area (TPSA) is 49.8 Å². The molecule has 1 N–H and O–H groups in total. The van der Waals surface area contributed by atoms with Crippen molar-refractivity contribution in [3.05, 3.63) is 52.5 Å². The smallest absolute Gasteiger partial charge is 0.153 e. The van der Waals surface area contributed by atoms with E-state index in [1.807, 2.05) is 37.3 Å². The van der Waals surface area contributed by atoms with Crippen LogP contribution in [0.1, 0.15) is 28.8 Å². The predicted octanol–water partition coefficient (Wildman–Crippen LogP) is 4.21. The third-order valence-corrected chi connectivity index (χ3v) is 4.64. The standard InChI is InChI=1S/C19H20ClNO3/c1-13-2-3-14(12-22)19(23)18(13)21-10-8-17(9-11-21)24-16-6-4-15(20)5-7-16/h2-7,12,17,23H,8-11H2,1H3. The molecule has 1 aliphatic rings. The highest BCUT2D eigenvalue weighted by Crippen LogP contribution is 2.35. The molecule has 1 aliphatic heterocycles. The van der Waals surface area contributed by atoms with Crippen molar-refractivity contribution in [1.82, 2.24) is 0 Å². The lowest BCUT2D eigenvalue weighted by Gasteiger charge is -2.35. The number of halogens is 1. The first kappa shape index (κ1) is 16.7. The Morgan fingerprint density at radius 1 is 1.17 bits per heavy atom. The van der Waals surface area contributed by atoms with Crippen LogP contribution in [0.15, 0.2) is 36.4 Å². The van der Waals surface area contributed by atoms with Crippen LogP contribution in [0.2, 0.25) is 5.02 Å². The number of aldehydes is 1. The number of phenolic OH excluding ortho intramolecular Hbond substituents is 1. The van der Waals surface area contributed by atoms with Gasteiger partial charge in [-0.1, -0.05) is 17.7 Å². The maximum atomic E-state index is 11.0. The van der Waals surface area contributed by atoms with E-state index in [2.05, 4.69) is 4.90 Å². The van der Waals surface area contributed by atoms with E-state index in [4.69, 9.17) is 16.3 Å². The van der Waals surface area contributed by atoms with Crippen molar-refractivity contribution in [3.63, 3.8) is 0 Å². The molecule has 126 valence electrons. The van der Waals surface area contributed by atoms with Gasteiger partial charge in [0, 0.05) is 31.0 Å². The summed E-state index contributed by atoms with van der Waals surface area (Å²) in [6, 6.07) is 10.9. The van der Waals surface area contributed by atoms with Crippen molar-refractivity contribution in [3.8, 4) is 11.5 Å². The molecule has 0 aliphatic carbocycles. The summed E-state index contributed by atoms with van der Waals surface area (Å²) in [5.41, 5.74) is 2.05. The summed E-state index contributed by atoms with van der Waals surface area (Å²) in [5, 5.41) is 11.0. The Morgan fingerprint density at radius 2 is 1.83 bits per heavy atom. The highest BCUT2D eigenvalue weighted by molar-refractivity contribution is 6.30. The van der Waals surface area contributed by atoms with Crippen molar-refractivity contribution < 1.29 is 14.6 Å². The molecule has 2 aromatic rings. The largest absolute Gasteiger partial charge is 0.505 e. The number of hydrogen-bond acceptors (Lipinski definition) is 4. The number of phenols is 1. The first-order valence-electron chi connectivity index (χ1n) is 8.03. The fourth-order valence-electron chi connectivity index (χ4n) is 3.09. The van der Waals surface area contributed by atoms with Crippen LogP contribution in [0, 0.1) is 6.92 Å². The van der Waals surface area contributed by atoms with Gasteiger partial charge in [0.05, 0.1) is 11.3 Å². The summed E-state index contributed by atoms with van der Waals surface area (Å²) in [6.07, 6.45) is 2.54. The Kier molecular flexibility index (Phi) is 4.95. The van der Waals surface area contributed by atoms with Crippen LogP contribution in [0.4, 0.5) is 5.69 Å². The molecule has 0 unspecified atom stereocenters. The van der Waals surface area contributed by atoms with E-state index in [1.54, 1.807) is 6.07 Å². The molecule has 2 aromatic carbocycles. The normalized spacial score (nSPS) is 15.3. The van der Waals surface area contributed by atoms with Gasteiger partial charge in [0.25, 0.3) is 0 Å². The van der Waals surface area contributed by atoms with E-state index >= 15 is 0 Å². The number of piperidine rings is 1. The fraction of sp³-hybridized carbons (Fsp3) is 0.316. The van der Waals surface area contributed by atoms with Crippen molar-refractivity contribution in [2.45, 2.75) is 25.9 Å². The third kappa shape index (κ3) is 3.49. The molecule has 1 fully saturated rings. The molecular formula is C19H20ClNO3. The summed E-state index contributed by atoms with van der Waals surface area (Å²) >= 11 is 5.88. The summed E-state index contributed by atoms with van der Waals surface area (Å²) < 4.78 is 6.00. The van der Waals surface area contributed by atoms with E-state index in [9.17, 15) is 9.90 Å². The van der Waals surface area contributed by atoms with E-state index in [0.29, 0.717) is 16.9 Å². The van der Waals surface area contributed by atoms with Crippen LogP contribution in [0.25, 0.3) is 0 Å². The van der Waals surface area contributed by atoms with Gasteiger partial charge in [0.1, 0.15) is 17.6 Å². The summed E-state index contributed by atoms with van der Waals surface area (Å²) in [7, 11) is 0. The van der Waals surface area contributed by atoms with Gasteiger partial charge in [-0.2, -0.15) is 0 Å². The second-order valence-electron chi connectivity index (χ2n) is 6.04. The van der Waals surface area contributed by atoms with Gasteiger partial charge in [-0.25, -0.2) is 0 Å². The van der Waals surface area contributed by atoms with E-state index < -0.39 is 0 Å². The quantitative estimate of drug-likeness (QED) is 0.843. The minimum atomic E-state index is 0.0714. The molecule has 24 heavy (non-hydrogen) atoms. The number of ether oxygens (including phenoxy) is 1. The van der Waals surface area contributed by atoms with Crippen molar-refractivity contribution in [1.29, 1.82) is 0 Å². The van der Waals surface area contributed by atoms with Crippen LogP contribution in [-0.4, -0.2) is 30.6 Å². The number of carbonyl (C=O) groups is 1. The SMILES string of the molecule is Cc1ccc(C=O)c(O)c1N1CCC(Oc2ccc(Cl)cc2)CC1. The Balaban J connectivity index is 1.67. The zero-order chi connectivity index (χ0) is 17.1. The fourth-order valence-corrected chi connectivity index (χ4v) is 3.22. The third-order valence-electron chi connectivity index (χ3n) is 4.39. The number of aromatic hydroxyl groups is 1. The lowest BCUT2D eigenvalue weighted by Crippen LogP contribution is -2.38. The summed E-state index contributed by atoms with van der Waals surface area (Å²) in [4.78, 5) is 13.2. The van der Waals surface area contributed by atoms with Gasteiger partial charge < -0.3 is 14.7 Å². The lowest BCUT2D eigenvalue weighted by atomic mass is 10.0. The monoisotopic (exact) mass is 345 g/mol. The average Bonchev–Trinajstić information content (AvgIpc) is 2.59. The molecular weight excluding hydrogens is 326 g/mol. The highest BCUT2D eigenvalue weighted by Gasteiger charge is 2.24. The molecule has 0 atom stereocenters. The molecule has 4 nitrogen and oxygen atoms in total. The molecule has 5 heteroatoms. The maximum absolute atomic E-state index is 11.0. The van der Waals surface area contributed by atoms with E-state index in [-0.39, 0.29) is 11.9 Å². The van der Waals surface area contributed by atoms with Crippen molar-refractivity contribution >= 4 is 23.6 Å². The Morgan fingerprint density at radius 3 is 2.46 bits per heavy atom. The van der Waals surface area contributed by atoms with Gasteiger partial charge in [0.2, 0.25) is 0 Å². The van der Waals surface area contributed by atoms with Crippen LogP contribution in [0.5, 0.6) is 11.5 Å². The molecule has 0 aromatic heterocycles. The number of rotatable bonds is 4. The van der Waals surface area contributed by atoms with Gasteiger partial charge in [0.15, 0.2) is 6.29 Å².